The Labute approximate surface area is 153 Å². The predicted octanol–water partition coefficient (Wildman–Crippen LogP) is 3.78. The van der Waals surface area contributed by atoms with E-state index in [2.05, 4.69) is 0 Å². The van der Waals surface area contributed by atoms with Crippen LogP contribution in [0.4, 0.5) is 0 Å². The summed E-state index contributed by atoms with van der Waals surface area (Å²) in [5.74, 6) is -0.681. The Balaban J connectivity index is 1.84. The number of hydrogen-bond acceptors (Lipinski definition) is 5. The van der Waals surface area contributed by atoms with Gasteiger partial charge in [-0.1, -0.05) is 18.2 Å². The summed E-state index contributed by atoms with van der Waals surface area (Å²) in [6.45, 7) is 0. The highest BCUT2D eigenvalue weighted by Crippen LogP contribution is 2.36. The number of benzene rings is 3. The highest BCUT2D eigenvalue weighted by Gasteiger charge is 2.21. The lowest BCUT2D eigenvalue weighted by Gasteiger charge is -2.13. The van der Waals surface area contributed by atoms with Crippen molar-refractivity contribution in [3.05, 3.63) is 82.5 Å². The van der Waals surface area contributed by atoms with Gasteiger partial charge in [-0.15, -0.1) is 0 Å². The molecule has 0 aromatic heterocycles. The van der Waals surface area contributed by atoms with Crippen LogP contribution in [-0.4, -0.2) is 11.1 Å². The van der Waals surface area contributed by atoms with Crippen LogP contribution < -0.4 is 15.3 Å². The fourth-order valence-corrected chi connectivity index (χ4v) is 3.81. The molecule has 7 heteroatoms. The van der Waals surface area contributed by atoms with Gasteiger partial charge in [-0.2, -0.15) is 0 Å². The SMILES string of the molecule is O=C(O)c1c2ccc(=O)cc-2oc2cc(O[PH](=O)c3ccccc3)ccc12. The Morgan fingerprint density at radius 3 is 2.52 bits per heavy atom. The van der Waals surface area contributed by atoms with Gasteiger partial charge in [0.2, 0.25) is 0 Å². The molecule has 134 valence electrons. The summed E-state index contributed by atoms with van der Waals surface area (Å²) in [5.41, 5.74) is 0.309. The Bertz CT molecular complexity index is 1210. The third-order valence-corrected chi connectivity index (χ3v) is 5.32. The highest BCUT2D eigenvalue weighted by molar-refractivity contribution is 7.48. The van der Waals surface area contributed by atoms with Crippen LogP contribution in [0.1, 0.15) is 10.4 Å². The number of carboxylic acids is 1. The molecule has 4 rings (SSSR count). The number of hydrogen-bond donors (Lipinski definition) is 1. The topological polar surface area (TPSA) is 93.8 Å². The number of rotatable bonds is 4. The second kappa shape index (κ2) is 6.74. The summed E-state index contributed by atoms with van der Waals surface area (Å²) in [5, 5.41) is 10.5. The first-order valence-corrected chi connectivity index (χ1v) is 9.36. The second-order valence-corrected chi connectivity index (χ2v) is 7.21. The number of carbonyl (C=O) groups is 1. The molecule has 0 saturated heterocycles. The van der Waals surface area contributed by atoms with Crippen LogP contribution in [0.15, 0.2) is 75.9 Å². The van der Waals surface area contributed by atoms with Gasteiger partial charge in [0.1, 0.15) is 17.1 Å². The molecule has 2 aromatic rings. The summed E-state index contributed by atoms with van der Waals surface area (Å²) >= 11 is 0. The van der Waals surface area contributed by atoms with Gasteiger partial charge in [0.05, 0.1) is 5.56 Å². The summed E-state index contributed by atoms with van der Waals surface area (Å²) < 4.78 is 23.6. The zero-order valence-corrected chi connectivity index (χ0v) is 14.8. The monoisotopic (exact) mass is 380 g/mol. The maximum absolute atomic E-state index is 12.4. The van der Waals surface area contributed by atoms with E-state index in [-0.39, 0.29) is 28.1 Å². The molecule has 1 heterocycles. The van der Waals surface area contributed by atoms with Gasteiger partial charge in [-0.3, -0.25) is 9.36 Å². The van der Waals surface area contributed by atoms with Crippen molar-refractivity contribution in [3.8, 4) is 17.1 Å². The minimum Gasteiger partial charge on any atom is -0.478 e. The fraction of sp³-hybridized carbons (Fsp3) is 0. The molecule has 0 bridgehead atoms. The van der Waals surface area contributed by atoms with Crippen molar-refractivity contribution in [1.29, 1.82) is 0 Å². The van der Waals surface area contributed by atoms with Crippen LogP contribution in [0.25, 0.3) is 22.3 Å². The van der Waals surface area contributed by atoms with Crippen molar-refractivity contribution in [1.82, 2.24) is 0 Å². The normalized spacial score (nSPS) is 12.1. The Morgan fingerprint density at radius 2 is 1.78 bits per heavy atom. The van der Waals surface area contributed by atoms with Crippen LogP contribution in [0.2, 0.25) is 0 Å². The molecule has 0 spiro atoms. The van der Waals surface area contributed by atoms with E-state index in [0.717, 1.165) is 0 Å². The molecule has 1 aliphatic carbocycles. The van der Waals surface area contributed by atoms with Crippen LogP contribution in [0, 0.1) is 0 Å². The third kappa shape index (κ3) is 3.23. The molecular weight excluding hydrogens is 367 g/mol. The van der Waals surface area contributed by atoms with Gasteiger partial charge in [0, 0.05) is 28.4 Å². The summed E-state index contributed by atoms with van der Waals surface area (Å²) in [6.07, 6.45) is 0. The average Bonchev–Trinajstić information content (AvgIpc) is 2.66. The zero-order valence-electron chi connectivity index (χ0n) is 13.8. The van der Waals surface area contributed by atoms with Crippen molar-refractivity contribution in [3.63, 3.8) is 0 Å². The molecule has 1 atom stereocenters. The smallest absolute Gasteiger partial charge is 0.337 e. The van der Waals surface area contributed by atoms with Crippen molar-refractivity contribution in [2.45, 2.75) is 0 Å². The lowest BCUT2D eigenvalue weighted by Crippen LogP contribution is -2.06. The van der Waals surface area contributed by atoms with Crippen molar-refractivity contribution in [2.75, 3.05) is 0 Å². The largest absolute Gasteiger partial charge is 0.478 e. The Morgan fingerprint density at radius 1 is 1.00 bits per heavy atom. The summed E-state index contributed by atoms with van der Waals surface area (Å²) in [7, 11) is -2.52. The van der Waals surface area contributed by atoms with E-state index in [0.29, 0.717) is 16.3 Å². The highest BCUT2D eigenvalue weighted by atomic mass is 31.1. The van der Waals surface area contributed by atoms with Crippen molar-refractivity contribution in [2.24, 2.45) is 0 Å². The number of aromatic carboxylic acids is 1. The van der Waals surface area contributed by atoms with Gasteiger partial charge in [-0.05, 0) is 36.4 Å². The van der Waals surface area contributed by atoms with Crippen LogP contribution in [0.5, 0.6) is 5.75 Å². The van der Waals surface area contributed by atoms with E-state index in [9.17, 15) is 19.3 Å². The molecule has 1 unspecified atom stereocenters. The zero-order chi connectivity index (χ0) is 19.0. The minimum atomic E-state index is -2.52. The van der Waals surface area contributed by atoms with Crippen LogP contribution in [0.3, 0.4) is 0 Å². The van der Waals surface area contributed by atoms with Gasteiger partial charge in [0.25, 0.3) is 8.03 Å². The molecular formula is C20H13O6P. The Kier molecular flexibility index (Phi) is 4.26. The molecule has 0 fully saturated rings. The standard InChI is InChI=1S/C20H13O6P/c21-12-6-8-15-17(10-12)25-18-11-13(7-9-16(18)19(15)20(22)23)26-27(24)14-4-2-1-3-5-14/h1-11,27H,(H,22,23). The van der Waals surface area contributed by atoms with Gasteiger partial charge in [0.15, 0.2) is 5.43 Å². The molecule has 27 heavy (non-hydrogen) atoms. The van der Waals surface area contributed by atoms with Crippen LogP contribution in [-0.2, 0) is 4.57 Å². The van der Waals surface area contributed by atoms with Gasteiger partial charge >= 0.3 is 5.97 Å². The van der Waals surface area contributed by atoms with Crippen molar-refractivity contribution >= 4 is 30.3 Å². The maximum Gasteiger partial charge on any atom is 0.337 e. The average molecular weight is 380 g/mol. The predicted molar refractivity (Wildman–Crippen MR) is 102 cm³/mol. The molecule has 1 aliphatic heterocycles. The second-order valence-electron chi connectivity index (χ2n) is 5.85. The first-order chi connectivity index (χ1) is 13.0. The summed E-state index contributed by atoms with van der Waals surface area (Å²) in [4.78, 5) is 23.4. The third-order valence-electron chi connectivity index (χ3n) is 4.10. The molecule has 0 radical (unpaired) electrons. The number of fused-ring (bicyclic) bond motifs is 2. The Hall–Kier alpha value is -3.37. The van der Waals surface area contributed by atoms with E-state index in [1.807, 2.05) is 6.07 Å². The summed E-state index contributed by atoms with van der Waals surface area (Å²) in [6, 6.07) is 17.3. The lowest BCUT2D eigenvalue weighted by molar-refractivity contribution is 0.0699. The molecule has 0 amide bonds. The van der Waals surface area contributed by atoms with Gasteiger partial charge < -0.3 is 14.0 Å². The fourth-order valence-electron chi connectivity index (χ4n) is 2.88. The molecule has 1 N–H and O–H groups in total. The molecule has 0 saturated carbocycles. The van der Waals surface area contributed by atoms with E-state index in [1.54, 1.807) is 36.4 Å². The maximum atomic E-state index is 12.4. The van der Waals surface area contributed by atoms with Crippen molar-refractivity contribution < 1.29 is 23.4 Å². The van der Waals surface area contributed by atoms with E-state index in [1.165, 1.54) is 24.3 Å². The van der Waals surface area contributed by atoms with Gasteiger partial charge in [-0.25, -0.2) is 4.79 Å². The molecule has 2 aromatic carbocycles. The first kappa shape index (κ1) is 17.1. The lowest BCUT2D eigenvalue weighted by atomic mass is 10.00. The quantitative estimate of drug-likeness (QED) is 0.428. The minimum absolute atomic E-state index is 0.0357. The van der Waals surface area contributed by atoms with Crippen LogP contribution >= 0.6 is 8.03 Å². The van der Waals surface area contributed by atoms with E-state index >= 15 is 0 Å². The van der Waals surface area contributed by atoms with E-state index < -0.39 is 14.0 Å². The van der Waals surface area contributed by atoms with E-state index in [4.69, 9.17) is 8.94 Å². The molecule has 6 nitrogen and oxygen atoms in total. The number of carboxylic acid groups (broad SMARTS) is 1. The molecule has 2 aliphatic rings. The first-order valence-electron chi connectivity index (χ1n) is 8.04.